The molecule has 3 aromatic rings. The molecule has 12 nitrogen and oxygen atoms in total. The van der Waals surface area contributed by atoms with Crippen molar-refractivity contribution in [2.24, 2.45) is 5.92 Å². The smallest absolute Gasteiger partial charge is 0.335 e. The molecule has 0 radical (unpaired) electrons. The van der Waals surface area contributed by atoms with Crippen LogP contribution in [0.3, 0.4) is 0 Å². The highest BCUT2D eigenvalue weighted by Gasteiger charge is 2.42. The molecule has 42 heavy (non-hydrogen) atoms. The van der Waals surface area contributed by atoms with Gasteiger partial charge in [-0.3, -0.25) is 14.3 Å². The number of ether oxygens (including phenoxy) is 3. The normalized spacial score (nSPS) is 20.8. The van der Waals surface area contributed by atoms with Gasteiger partial charge in [0.15, 0.2) is 11.9 Å². The van der Waals surface area contributed by atoms with Gasteiger partial charge in [0.25, 0.3) is 11.5 Å². The number of fused-ring (bicyclic) bond motifs is 1. The molecule has 2 aliphatic rings. The number of hydrogen-bond donors (Lipinski definition) is 2. The molecule has 5 rings (SSSR count). The van der Waals surface area contributed by atoms with Gasteiger partial charge in [-0.05, 0) is 55.5 Å². The van der Waals surface area contributed by atoms with Crippen molar-refractivity contribution in [2.45, 2.75) is 51.7 Å². The predicted molar refractivity (Wildman–Crippen MR) is 155 cm³/mol. The van der Waals surface area contributed by atoms with Crippen molar-refractivity contribution in [3.8, 4) is 6.07 Å². The fraction of sp³-hybridized carbons (Fsp3) is 0.500. The Labute approximate surface area is 243 Å². The monoisotopic (exact) mass is 576 g/mol. The van der Waals surface area contributed by atoms with E-state index in [4.69, 9.17) is 19.3 Å². The minimum Gasteiger partial charge on any atom is -0.463 e. The first kappa shape index (κ1) is 29.3. The van der Waals surface area contributed by atoms with Gasteiger partial charge in [-0.25, -0.2) is 4.79 Å². The molecule has 0 aliphatic carbocycles. The number of esters is 1. The summed E-state index contributed by atoms with van der Waals surface area (Å²) in [6.45, 7) is 8.32. The first-order valence-electron chi connectivity index (χ1n) is 14.2. The van der Waals surface area contributed by atoms with Crippen molar-refractivity contribution >= 4 is 34.3 Å². The molecule has 0 spiro atoms. The predicted octanol–water partition coefficient (Wildman–Crippen LogP) is 3.24. The van der Waals surface area contributed by atoms with Crippen LogP contribution in [0, 0.1) is 24.2 Å². The lowest BCUT2D eigenvalue weighted by atomic mass is 9.87. The van der Waals surface area contributed by atoms with Gasteiger partial charge in [0.05, 0.1) is 50.0 Å². The first-order chi connectivity index (χ1) is 20.2. The molecule has 222 valence electrons. The second-order valence-corrected chi connectivity index (χ2v) is 11.3. The van der Waals surface area contributed by atoms with E-state index in [9.17, 15) is 19.6 Å². The van der Waals surface area contributed by atoms with Gasteiger partial charge in [0, 0.05) is 30.5 Å². The quantitative estimate of drug-likeness (QED) is 0.385. The van der Waals surface area contributed by atoms with Crippen LogP contribution in [-0.2, 0) is 24.5 Å². The molecule has 12 heteroatoms. The lowest BCUT2D eigenvalue weighted by Gasteiger charge is -2.38. The molecule has 2 atom stereocenters. The second-order valence-electron chi connectivity index (χ2n) is 11.3. The molecule has 0 saturated carbocycles. The number of carbonyl (C=O) groups excluding carboxylic acids is 2. The summed E-state index contributed by atoms with van der Waals surface area (Å²) in [6.07, 6.45) is 1.67. The number of morpholine rings is 1. The maximum atomic E-state index is 13.0. The minimum atomic E-state index is -0.889. The Bertz CT molecular complexity index is 1560. The Morgan fingerprint density at radius 3 is 2.74 bits per heavy atom. The van der Waals surface area contributed by atoms with E-state index in [0.717, 1.165) is 5.56 Å². The molecule has 0 bridgehead atoms. The number of rotatable bonds is 8. The van der Waals surface area contributed by atoms with E-state index in [1.54, 1.807) is 34.0 Å². The van der Waals surface area contributed by atoms with Crippen LogP contribution in [-0.4, -0.2) is 77.2 Å². The highest BCUT2D eigenvalue weighted by atomic mass is 16.6. The largest absolute Gasteiger partial charge is 0.463 e. The van der Waals surface area contributed by atoms with Gasteiger partial charge in [-0.2, -0.15) is 10.4 Å². The van der Waals surface area contributed by atoms with Crippen LogP contribution in [0.5, 0.6) is 0 Å². The molecule has 2 fully saturated rings. The number of anilines is 2. The maximum Gasteiger partial charge on any atom is 0.335 e. The Morgan fingerprint density at radius 2 is 2.07 bits per heavy atom. The molecule has 2 aliphatic heterocycles. The highest BCUT2D eigenvalue weighted by Crippen LogP contribution is 2.37. The third-order valence-corrected chi connectivity index (χ3v) is 7.73. The fourth-order valence-corrected chi connectivity index (χ4v) is 5.45. The Morgan fingerprint density at radius 1 is 1.29 bits per heavy atom. The number of nitriles is 1. The standard InChI is InChI=1S/C30H36N6O6/c1-19(2)17-41-29(39)24-6-8-30(9-10-31,18-42-24)36-23-7-11-32-27(37)25(23)26(34-36)33-21-4-5-22(20(3)16-21)28(38)35-12-14-40-15-13-35/h4-5,7,11,16,19,24H,6,8-9,12-15,17-18H2,1-3H3,(H,32,37)(H,33,34)/t24-,30-/m0/s1. The zero-order valence-corrected chi connectivity index (χ0v) is 24.1. The van der Waals surface area contributed by atoms with Gasteiger partial charge in [0.2, 0.25) is 0 Å². The summed E-state index contributed by atoms with van der Waals surface area (Å²) < 4.78 is 18.4. The maximum absolute atomic E-state index is 13.0. The zero-order valence-electron chi connectivity index (χ0n) is 24.1. The number of hydrogen-bond acceptors (Lipinski definition) is 9. The van der Waals surface area contributed by atoms with Crippen LogP contribution in [0.25, 0.3) is 10.9 Å². The number of H-pyrrole nitrogens is 1. The summed E-state index contributed by atoms with van der Waals surface area (Å²) in [6, 6.07) is 9.38. The summed E-state index contributed by atoms with van der Waals surface area (Å²) in [7, 11) is 0. The van der Waals surface area contributed by atoms with Gasteiger partial charge in [-0.1, -0.05) is 13.8 Å². The number of aromatic amines is 1. The Kier molecular flexibility index (Phi) is 8.61. The third-order valence-electron chi connectivity index (χ3n) is 7.73. The van der Waals surface area contributed by atoms with Crippen molar-refractivity contribution in [1.29, 1.82) is 5.26 Å². The van der Waals surface area contributed by atoms with Crippen LogP contribution in [0.4, 0.5) is 11.5 Å². The van der Waals surface area contributed by atoms with Gasteiger partial charge in [0.1, 0.15) is 5.39 Å². The van der Waals surface area contributed by atoms with Crippen LogP contribution in [0.15, 0.2) is 35.3 Å². The summed E-state index contributed by atoms with van der Waals surface area (Å²) in [4.78, 5) is 43.1. The number of benzene rings is 1. The van der Waals surface area contributed by atoms with Crippen molar-refractivity contribution in [3.05, 3.63) is 51.9 Å². The first-order valence-corrected chi connectivity index (χ1v) is 14.2. The van der Waals surface area contributed by atoms with Gasteiger partial charge < -0.3 is 29.4 Å². The number of carbonyl (C=O) groups is 2. The van der Waals surface area contributed by atoms with Crippen molar-refractivity contribution in [2.75, 3.05) is 44.8 Å². The van der Waals surface area contributed by atoms with Crippen LogP contribution in [0.1, 0.15) is 49.0 Å². The second kappa shape index (κ2) is 12.3. The van der Waals surface area contributed by atoms with Gasteiger partial charge in [-0.15, -0.1) is 0 Å². The summed E-state index contributed by atoms with van der Waals surface area (Å²) in [5.74, 6) is 0.0640. The zero-order chi connectivity index (χ0) is 29.9. The van der Waals surface area contributed by atoms with Crippen LogP contribution < -0.4 is 10.9 Å². The minimum absolute atomic E-state index is 0.0457. The van der Waals surface area contributed by atoms with E-state index >= 15 is 0 Å². The van der Waals surface area contributed by atoms with E-state index in [0.29, 0.717) is 73.7 Å². The summed E-state index contributed by atoms with van der Waals surface area (Å²) in [5, 5.41) is 18.2. The van der Waals surface area contributed by atoms with E-state index in [1.165, 1.54) is 0 Å². The van der Waals surface area contributed by atoms with E-state index in [2.05, 4.69) is 16.4 Å². The molecule has 1 amide bonds. The van der Waals surface area contributed by atoms with E-state index in [1.807, 2.05) is 26.8 Å². The van der Waals surface area contributed by atoms with Crippen molar-refractivity contribution in [1.82, 2.24) is 19.7 Å². The molecular formula is C30H36N6O6. The summed E-state index contributed by atoms with van der Waals surface area (Å²) in [5.41, 5.74) is 1.35. The topological polar surface area (TPSA) is 152 Å². The molecule has 1 aromatic carbocycles. The molecule has 2 aromatic heterocycles. The number of nitrogens with zero attached hydrogens (tertiary/aromatic N) is 4. The number of nitrogens with one attached hydrogen (secondary N) is 2. The number of pyridine rings is 1. The number of aryl methyl sites for hydroxylation is 1. The van der Waals surface area contributed by atoms with E-state index < -0.39 is 17.6 Å². The Hall–Kier alpha value is -4.21. The molecule has 0 unspecified atom stereocenters. The lowest BCUT2D eigenvalue weighted by molar-refractivity contribution is -0.166. The van der Waals surface area contributed by atoms with Crippen molar-refractivity contribution in [3.63, 3.8) is 0 Å². The molecule has 2 saturated heterocycles. The van der Waals surface area contributed by atoms with E-state index in [-0.39, 0.29) is 30.4 Å². The van der Waals surface area contributed by atoms with Crippen molar-refractivity contribution < 1.29 is 23.8 Å². The average Bonchev–Trinajstić information content (AvgIpc) is 3.36. The number of aromatic nitrogens is 3. The molecule has 4 heterocycles. The number of amides is 1. The average molecular weight is 577 g/mol. The third kappa shape index (κ3) is 5.89. The molecular weight excluding hydrogens is 540 g/mol. The Balaban J connectivity index is 1.43. The fourth-order valence-electron chi connectivity index (χ4n) is 5.45. The van der Waals surface area contributed by atoms with Gasteiger partial charge >= 0.3 is 5.97 Å². The lowest BCUT2D eigenvalue weighted by Crippen LogP contribution is -2.47. The molecule has 2 N–H and O–H groups in total. The van der Waals surface area contributed by atoms with Crippen LogP contribution >= 0.6 is 0 Å². The summed E-state index contributed by atoms with van der Waals surface area (Å²) >= 11 is 0. The highest BCUT2D eigenvalue weighted by molar-refractivity contribution is 5.97. The van der Waals surface area contributed by atoms with Crippen LogP contribution in [0.2, 0.25) is 0 Å². The SMILES string of the molecule is Cc1cc(Nc2nn([C@]3(CC#N)CC[C@@H](C(=O)OCC(C)C)OC3)c3cc[nH]c(=O)c23)ccc1C(=O)N1CCOCC1.